The smallest absolute Gasteiger partial charge is 0.257 e. The zero-order chi connectivity index (χ0) is 25.2. The van der Waals surface area contributed by atoms with E-state index in [0.29, 0.717) is 21.3 Å². The lowest BCUT2D eigenvalue weighted by atomic mass is 9.90. The Bertz CT molecular complexity index is 1360. The van der Waals surface area contributed by atoms with Crippen LogP contribution in [-0.4, -0.2) is 17.0 Å². The maximum atomic E-state index is 14.8. The molecule has 5 rings (SSSR count). The minimum absolute atomic E-state index is 0.0964. The van der Waals surface area contributed by atoms with Crippen molar-refractivity contribution in [1.29, 1.82) is 0 Å². The number of benzene rings is 3. The lowest BCUT2D eigenvalue weighted by molar-refractivity contribution is -0.145. The first-order valence-corrected chi connectivity index (χ1v) is 12.3. The van der Waals surface area contributed by atoms with Gasteiger partial charge < -0.3 is 4.74 Å². The number of amides is 1. The van der Waals surface area contributed by atoms with Gasteiger partial charge in [-0.25, -0.2) is 4.39 Å². The van der Waals surface area contributed by atoms with Crippen molar-refractivity contribution in [3.05, 3.63) is 129 Å². The Morgan fingerprint density at radius 2 is 1.61 bits per heavy atom. The Labute approximate surface area is 219 Å². The number of halogens is 3. The topological polar surface area (TPSA) is 42.4 Å². The highest BCUT2D eigenvalue weighted by molar-refractivity contribution is 6.30. The quantitative estimate of drug-likeness (QED) is 0.277. The number of pyridine rings is 1. The van der Waals surface area contributed by atoms with Crippen molar-refractivity contribution in [2.75, 3.05) is 4.90 Å². The molecule has 4 nitrogen and oxygen atoms in total. The standard InChI is InChI=1S/C29H23Cl2FN2O2/c1-18-4-5-21(25(32)15-18)16-26-29(35)34(24-3-2-14-33-17-24)27(19-6-10-22(30)11-7-19)28(36-26)20-8-12-23(31)13-9-20/h2-15,17,26-28H,16H2,1H3/t26-,27?,28?/m0/s1. The van der Waals surface area contributed by atoms with E-state index in [-0.39, 0.29) is 18.1 Å². The van der Waals surface area contributed by atoms with E-state index in [1.165, 1.54) is 6.07 Å². The molecule has 0 saturated carbocycles. The van der Waals surface area contributed by atoms with Crippen LogP contribution in [-0.2, 0) is 16.0 Å². The lowest BCUT2D eigenvalue weighted by Gasteiger charge is -2.44. The maximum absolute atomic E-state index is 14.8. The first-order chi connectivity index (χ1) is 17.4. The molecular weight excluding hydrogens is 498 g/mol. The van der Waals surface area contributed by atoms with Crippen LogP contribution in [0.15, 0.2) is 91.3 Å². The lowest BCUT2D eigenvalue weighted by Crippen LogP contribution is -2.52. The summed E-state index contributed by atoms with van der Waals surface area (Å²) < 4.78 is 21.3. The molecule has 1 aromatic heterocycles. The van der Waals surface area contributed by atoms with E-state index in [1.54, 1.807) is 53.7 Å². The molecule has 182 valence electrons. The Morgan fingerprint density at radius 3 is 2.22 bits per heavy atom. The molecule has 1 amide bonds. The van der Waals surface area contributed by atoms with Gasteiger partial charge in [-0.15, -0.1) is 0 Å². The summed E-state index contributed by atoms with van der Waals surface area (Å²) in [5.41, 5.74) is 3.54. The second-order valence-electron chi connectivity index (χ2n) is 8.81. The van der Waals surface area contributed by atoms with Crippen LogP contribution in [0.3, 0.4) is 0 Å². The number of anilines is 1. The van der Waals surface area contributed by atoms with Gasteiger partial charge in [0.05, 0.1) is 17.9 Å². The fourth-order valence-corrected chi connectivity index (χ4v) is 4.82. The summed E-state index contributed by atoms with van der Waals surface area (Å²) in [5.74, 6) is -0.629. The Balaban J connectivity index is 1.64. The first kappa shape index (κ1) is 24.4. The number of aryl methyl sites for hydroxylation is 1. The highest BCUT2D eigenvalue weighted by atomic mass is 35.5. The van der Waals surface area contributed by atoms with Crippen LogP contribution in [0.5, 0.6) is 0 Å². The number of nitrogens with zero attached hydrogens (tertiary/aromatic N) is 2. The van der Waals surface area contributed by atoms with E-state index in [4.69, 9.17) is 27.9 Å². The highest BCUT2D eigenvalue weighted by Crippen LogP contribution is 2.45. The SMILES string of the molecule is Cc1ccc(C[C@@H]2OC(c3ccc(Cl)cc3)C(c3ccc(Cl)cc3)N(c3cccnc3)C2=O)c(F)c1. The normalized spacial score (nSPS) is 19.9. The van der Waals surface area contributed by atoms with E-state index in [0.717, 1.165) is 16.7 Å². The van der Waals surface area contributed by atoms with E-state index in [1.807, 2.05) is 43.3 Å². The Morgan fingerprint density at radius 1 is 0.944 bits per heavy atom. The zero-order valence-corrected chi connectivity index (χ0v) is 21.0. The molecule has 3 atom stereocenters. The average Bonchev–Trinajstić information content (AvgIpc) is 2.88. The Kier molecular flexibility index (Phi) is 7.06. The van der Waals surface area contributed by atoms with Crippen LogP contribution in [0.1, 0.15) is 34.4 Å². The number of carbonyl (C=O) groups is 1. The van der Waals surface area contributed by atoms with Crippen LogP contribution in [0, 0.1) is 12.7 Å². The molecule has 0 spiro atoms. The first-order valence-electron chi connectivity index (χ1n) is 11.6. The molecule has 0 radical (unpaired) electrons. The van der Waals surface area contributed by atoms with Crippen molar-refractivity contribution in [1.82, 2.24) is 4.98 Å². The molecule has 3 aromatic carbocycles. The number of aromatic nitrogens is 1. The van der Waals surface area contributed by atoms with Gasteiger partial charge in [-0.05, 0) is 71.6 Å². The predicted molar refractivity (Wildman–Crippen MR) is 140 cm³/mol. The second kappa shape index (κ2) is 10.4. The van der Waals surface area contributed by atoms with E-state index >= 15 is 0 Å². The molecule has 4 aromatic rings. The zero-order valence-electron chi connectivity index (χ0n) is 19.4. The summed E-state index contributed by atoms with van der Waals surface area (Å²) in [6.07, 6.45) is 1.93. The monoisotopic (exact) mass is 520 g/mol. The van der Waals surface area contributed by atoms with Crippen LogP contribution >= 0.6 is 23.2 Å². The third-order valence-electron chi connectivity index (χ3n) is 6.34. The number of ether oxygens (including phenoxy) is 1. The van der Waals surface area contributed by atoms with E-state index in [9.17, 15) is 9.18 Å². The maximum Gasteiger partial charge on any atom is 0.257 e. The summed E-state index contributed by atoms with van der Waals surface area (Å²) in [5, 5.41) is 1.18. The molecule has 7 heteroatoms. The Hall–Kier alpha value is -3.25. The van der Waals surface area contributed by atoms with Gasteiger partial charge >= 0.3 is 0 Å². The van der Waals surface area contributed by atoms with Crippen LogP contribution in [0.2, 0.25) is 10.0 Å². The van der Waals surface area contributed by atoms with Crippen LogP contribution in [0.4, 0.5) is 10.1 Å². The molecule has 1 aliphatic heterocycles. The molecule has 36 heavy (non-hydrogen) atoms. The molecule has 0 bridgehead atoms. The van der Waals surface area contributed by atoms with E-state index in [2.05, 4.69) is 4.98 Å². The number of morpholine rings is 1. The van der Waals surface area contributed by atoms with Gasteiger partial charge in [-0.1, -0.05) is 59.6 Å². The third-order valence-corrected chi connectivity index (χ3v) is 6.84. The minimum atomic E-state index is -0.911. The number of hydrogen-bond acceptors (Lipinski definition) is 3. The summed E-state index contributed by atoms with van der Waals surface area (Å²) >= 11 is 12.3. The molecule has 0 N–H and O–H groups in total. The fourth-order valence-electron chi connectivity index (χ4n) is 4.57. The molecule has 1 aliphatic rings. The molecule has 1 fully saturated rings. The van der Waals surface area contributed by atoms with Crippen molar-refractivity contribution in [3.8, 4) is 0 Å². The van der Waals surface area contributed by atoms with Gasteiger partial charge in [0.15, 0.2) is 0 Å². The molecule has 0 aliphatic carbocycles. The van der Waals surface area contributed by atoms with Crippen LogP contribution < -0.4 is 4.90 Å². The number of hydrogen-bond donors (Lipinski definition) is 0. The van der Waals surface area contributed by atoms with Gasteiger partial charge in [-0.2, -0.15) is 0 Å². The molecule has 1 saturated heterocycles. The van der Waals surface area contributed by atoms with Crippen molar-refractivity contribution in [2.24, 2.45) is 0 Å². The minimum Gasteiger partial charge on any atom is -0.358 e. The van der Waals surface area contributed by atoms with Crippen molar-refractivity contribution in [3.63, 3.8) is 0 Å². The van der Waals surface area contributed by atoms with Gasteiger partial charge in [0, 0.05) is 22.7 Å². The van der Waals surface area contributed by atoms with Gasteiger partial charge in [0.1, 0.15) is 18.0 Å². The molecular formula is C29H23Cl2FN2O2. The number of carbonyl (C=O) groups excluding carboxylic acids is 1. The highest BCUT2D eigenvalue weighted by Gasteiger charge is 2.45. The van der Waals surface area contributed by atoms with Crippen LogP contribution in [0.25, 0.3) is 0 Å². The summed E-state index contributed by atoms with van der Waals surface area (Å²) in [6.45, 7) is 1.83. The largest absolute Gasteiger partial charge is 0.358 e. The second-order valence-corrected chi connectivity index (χ2v) is 9.68. The van der Waals surface area contributed by atoms with Gasteiger partial charge in [0.2, 0.25) is 0 Å². The average molecular weight is 521 g/mol. The molecule has 2 heterocycles. The predicted octanol–water partition coefficient (Wildman–Crippen LogP) is 7.29. The summed E-state index contributed by atoms with van der Waals surface area (Å²) in [6, 6.07) is 22.8. The van der Waals surface area contributed by atoms with E-state index < -0.39 is 18.2 Å². The number of rotatable bonds is 5. The fraction of sp³-hybridized carbons (Fsp3) is 0.172. The van der Waals surface area contributed by atoms with Crippen molar-refractivity contribution in [2.45, 2.75) is 31.6 Å². The summed E-state index contributed by atoms with van der Waals surface area (Å²) in [7, 11) is 0. The van der Waals surface area contributed by atoms with Crippen molar-refractivity contribution < 1.29 is 13.9 Å². The third kappa shape index (κ3) is 5.00. The van der Waals surface area contributed by atoms with Gasteiger partial charge in [0.25, 0.3) is 5.91 Å². The van der Waals surface area contributed by atoms with Crippen molar-refractivity contribution >= 4 is 34.8 Å². The van der Waals surface area contributed by atoms with Gasteiger partial charge in [-0.3, -0.25) is 14.7 Å². The molecule has 2 unspecified atom stereocenters. The summed E-state index contributed by atoms with van der Waals surface area (Å²) in [4.78, 5) is 19.9.